The van der Waals surface area contributed by atoms with E-state index >= 15 is 0 Å². The molecule has 0 saturated carbocycles. The molecule has 3 aromatic heterocycles. The molecule has 3 aliphatic carbocycles. The summed E-state index contributed by atoms with van der Waals surface area (Å²) in [5.74, 6) is 3.82. The van der Waals surface area contributed by atoms with Crippen LogP contribution in [0.4, 0.5) is 0 Å². The van der Waals surface area contributed by atoms with Crippen LogP contribution in [0.15, 0.2) is 249 Å². The van der Waals surface area contributed by atoms with E-state index < -0.39 is 0 Å². The van der Waals surface area contributed by atoms with E-state index in [0.717, 1.165) is 55.7 Å². The Labute approximate surface area is 433 Å². The molecule has 0 aliphatic heterocycles. The molecule has 0 fully saturated rings. The lowest BCUT2D eigenvalue weighted by Gasteiger charge is -2.42. The number of benzene rings is 10. The molecular formula is C68H43N7. The Bertz CT molecular complexity index is 4300. The minimum Gasteiger partial charge on any atom is -0.309 e. The zero-order valence-corrected chi connectivity index (χ0v) is 40.5. The second-order valence-corrected chi connectivity index (χ2v) is 19.4. The van der Waals surface area contributed by atoms with Gasteiger partial charge in [-0.15, -0.1) is 0 Å². The Hall–Kier alpha value is -9.98. The maximum atomic E-state index is 5.40. The first kappa shape index (κ1) is 42.7. The van der Waals surface area contributed by atoms with Crippen molar-refractivity contribution in [3.63, 3.8) is 0 Å². The molecule has 13 aromatic rings. The first-order chi connectivity index (χ1) is 37.2. The van der Waals surface area contributed by atoms with E-state index in [0.29, 0.717) is 34.9 Å². The second kappa shape index (κ2) is 17.4. The number of rotatable bonds is 8. The van der Waals surface area contributed by atoms with Crippen LogP contribution in [0.25, 0.3) is 107 Å². The van der Waals surface area contributed by atoms with Gasteiger partial charge in [0.05, 0.1) is 11.0 Å². The molecule has 350 valence electrons. The van der Waals surface area contributed by atoms with Crippen molar-refractivity contribution in [3.05, 3.63) is 282 Å². The molecule has 10 aromatic carbocycles. The zero-order chi connectivity index (χ0) is 49.4. The van der Waals surface area contributed by atoms with Gasteiger partial charge in [-0.3, -0.25) is 0 Å². The molecule has 0 amide bonds. The molecule has 0 N–H and O–H groups in total. The average Bonchev–Trinajstić information content (AvgIpc) is 3.83. The molecule has 0 radical (unpaired) electrons. The highest BCUT2D eigenvalue weighted by atomic mass is 15.0. The van der Waals surface area contributed by atoms with Crippen LogP contribution < -0.4 is 0 Å². The molecule has 3 heterocycles. The molecule has 7 nitrogen and oxygen atoms in total. The van der Waals surface area contributed by atoms with Crippen LogP contribution in [-0.2, 0) is 0 Å². The van der Waals surface area contributed by atoms with Crippen molar-refractivity contribution in [2.75, 3.05) is 0 Å². The molecule has 0 spiro atoms. The van der Waals surface area contributed by atoms with Crippen LogP contribution in [0.1, 0.15) is 45.2 Å². The lowest BCUT2D eigenvalue weighted by molar-refractivity contribution is 0.754. The average molecular weight is 958 g/mol. The lowest BCUT2D eigenvalue weighted by Crippen LogP contribution is -2.27. The van der Waals surface area contributed by atoms with Crippen molar-refractivity contribution in [2.45, 2.75) is 11.8 Å². The quantitative estimate of drug-likeness (QED) is 0.151. The standard InChI is InChI=1S/C68H43N7/c1-5-19-42(20-6-1)63-69-64(43-21-7-2-8-22-43)71-66(70-63)46-33-36-53-57(40-46)61-51-29-14-15-30-52(51)62(53)58-41-47(34-37-54(58)61)67-72-65(44-23-9-3-10-24-44)73-68(74-67)55-31-16-13-27-49(55)45-35-38-60-56(39-45)50-28-17-18-32-59(50)75(60)48-25-11-4-12-26-48/h1-41,61-62H. The number of para-hydroxylation sites is 2. The van der Waals surface area contributed by atoms with Gasteiger partial charge in [0.1, 0.15) is 0 Å². The molecule has 3 aliphatic rings. The minimum absolute atomic E-state index is 0.00157. The van der Waals surface area contributed by atoms with Crippen LogP contribution in [0.5, 0.6) is 0 Å². The highest BCUT2D eigenvalue weighted by Crippen LogP contribution is 2.56. The first-order valence-corrected chi connectivity index (χ1v) is 25.4. The predicted molar refractivity (Wildman–Crippen MR) is 300 cm³/mol. The van der Waals surface area contributed by atoms with Crippen LogP contribution in [-0.4, -0.2) is 34.5 Å². The fourth-order valence-corrected chi connectivity index (χ4v) is 11.7. The smallest absolute Gasteiger partial charge is 0.164 e. The summed E-state index contributed by atoms with van der Waals surface area (Å²) in [5, 5.41) is 2.39. The van der Waals surface area contributed by atoms with Gasteiger partial charge in [-0.1, -0.05) is 206 Å². The topological polar surface area (TPSA) is 82.3 Å². The third kappa shape index (κ3) is 7.12. The number of nitrogens with zero attached hydrogens (tertiary/aromatic N) is 7. The summed E-state index contributed by atoms with van der Waals surface area (Å²) >= 11 is 0. The molecular weight excluding hydrogens is 915 g/mol. The van der Waals surface area contributed by atoms with Gasteiger partial charge < -0.3 is 4.57 Å². The van der Waals surface area contributed by atoms with Gasteiger partial charge in [-0.05, 0) is 87.0 Å². The van der Waals surface area contributed by atoms with Gasteiger partial charge in [0.25, 0.3) is 0 Å². The monoisotopic (exact) mass is 957 g/mol. The Kier molecular flexibility index (Phi) is 9.88. The normalized spacial score (nSPS) is 14.1. The first-order valence-electron chi connectivity index (χ1n) is 25.4. The molecule has 2 bridgehead atoms. The summed E-state index contributed by atoms with van der Waals surface area (Å²) in [6.07, 6.45) is 0. The molecule has 75 heavy (non-hydrogen) atoms. The van der Waals surface area contributed by atoms with Gasteiger partial charge >= 0.3 is 0 Å². The predicted octanol–water partition coefficient (Wildman–Crippen LogP) is 15.8. The van der Waals surface area contributed by atoms with Crippen molar-refractivity contribution in [1.29, 1.82) is 0 Å². The highest BCUT2D eigenvalue weighted by Gasteiger charge is 2.41. The summed E-state index contributed by atoms with van der Waals surface area (Å²) in [4.78, 5) is 31.1. The van der Waals surface area contributed by atoms with Gasteiger partial charge in [-0.2, -0.15) is 0 Å². The number of aromatic nitrogens is 7. The molecule has 16 rings (SSSR count). The van der Waals surface area contributed by atoms with Crippen molar-refractivity contribution >= 4 is 21.8 Å². The van der Waals surface area contributed by atoms with Crippen molar-refractivity contribution in [2.24, 2.45) is 0 Å². The number of hydrogen-bond donors (Lipinski definition) is 0. The number of hydrogen-bond acceptors (Lipinski definition) is 6. The Morgan fingerprint density at radius 1 is 0.240 bits per heavy atom. The largest absolute Gasteiger partial charge is 0.309 e. The van der Waals surface area contributed by atoms with E-state index in [-0.39, 0.29) is 11.8 Å². The van der Waals surface area contributed by atoms with Crippen molar-refractivity contribution in [1.82, 2.24) is 34.5 Å². The summed E-state index contributed by atoms with van der Waals surface area (Å²) in [5.41, 5.74) is 19.0. The maximum Gasteiger partial charge on any atom is 0.164 e. The van der Waals surface area contributed by atoms with E-state index in [4.69, 9.17) is 29.9 Å². The fraction of sp³-hybridized carbons (Fsp3) is 0.0294. The molecule has 2 atom stereocenters. The summed E-state index contributed by atoms with van der Waals surface area (Å²) in [6, 6.07) is 87.6. The van der Waals surface area contributed by atoms with E-state index in [9.17, 15) is 0 Å². The van der Waals surface area contributed by atoms with Crippen LogP contribution in [0.2, 0.25) is 0 Å². The Morgan fingerprint density at radius 2 is 0.627 bits per heavy atom. The third-order valence-electron chi connectivity index (χ3n) is 15.1. The fourth-order valence-electron chi connectivity index (χ4n) is 11.7. The third-order valence-corrected chi connectivity index (χ3v) is 15.1. The van der Waals surface area contributed by atoms with Gasteiger partial charge in [0.15, 0.2) is 34.9 Å². The molecule has 2 unspecified atom stereocenters. The SMILES string of the molecule is c1ccc(-c2nc(-c3ccccc3)nc(-c3ccc4c(c3)C3c5ccccc5C4c4cc(-c5nc(-c6ccccc6)nc(-c6ccccc6-c6ccc7c(c6)c6ccccc6n7-c6ccccc6)n5)ccc43)n2)cc1. The maximum absolute atomic E-state index is 5.40. The van der Waals surface area contributed by atoms with Gasteiger partial charge in [-0.25, -0.2) is 29.9 Å². The van der Waals surface area contributed by atoms with E-state index in [2.05, 4.69) is 199 Å². The minimum atomic E-state index is 0.00157. The Morgan fingerprint density at radius 3 is 1.16 bits per heavy atom. The summed E-state index contributed by atoms with van der Waals surface area (Å²) < 4.78 is 2.35. The second-order valence-electron chi connectivity index (χ2n) is 19.4. The van der Waals surface area contributed by atoms with E-state index in [1.165, 1.54) is 49.7 Å². The van der Waals surface area contributed by atoms with Crippen LogP contribution in [0, 0.1) is 0 Å². The van der Waals surface area contributed by atoms with Crippen LogP contribution >= 0.6 is 0 Å². The molecule has 7 heteroatoms. The van der Waals surface area contributed by atoms with Crippen LogP contribution in [0.3, 0.4) is 0 Å². The lowest BCUT2D eigenvalue weighted by atomic mass is 9.61. The van der Waals surface area contributed by atoms with Gasteiger partial charge in [0, 0.05) is 61.7 Å². The van der Waals surface area contributed by atoms with Crippen molar-refractivity contribution < 1.29 is 0 Å². The highest BCUT2D eigenvalue weighted by molar-refractivity contribution is 6.10. The molecule has 0 saturated heterocycles. The van der Waals surface area contributed by atoms with E-state index in [1.54, 1.807) is 0 Å². The number of fused-ring (bicyclic) bond motifs is 3. The van der Waals surface area contributed by atoms with E-state index in [1.807, 2.05) is 54.6 Å². The summed E-state index contributed by atoms with van der Waals surface area (Å²) in [7, 11) is 0. The Balaban J connectivity index is 0.852. The van der Waals surface area contributed by atoms with Gasteiger partial charge in [0.2, 0.25) is 0 Å². The summed E-state index contributed by atoms with van der Waals surface area (Å²) in [6.45, 7) is 0. The zero-order valence-electron chi connectivity index (χ0n) is 40.5. The van der Waals surface area contributed by atoms with Crippen molar-refractivity contribution in [3.8, 4) is 85.1 Å².